The number of amides is 1. The minimum atomic E-state index is -0.575. The summed E-state index contributed by atoms with van der Waals surface area (Å²) < 4.78 is 13.0. The van der Waals surface area contributed by atoms with Crippen LogP contribution in [0.4, 0.5) is 15.8 Å². The van der Waals surface area contributed by atoms with Crippen molar-refractivity contribution in [3.8, 4) is 0 Å². The summed E-state index contributed by atoms with van der Waals surface area (Å²) in [5, 5.41) is 2.85. The number of nitrogen functional groups attached to an aromatic ring is 1. The van der Waals surface area contributed by atoms with E-state index >= 15 is 0 Å². The van der Waals surface area contributed by atoms with Crippen molar-refractivity contribution in [2.75, 3.05) is 11.1 Å². The number of anilines is 2. The highest BCUT2D eigenvalue weighted by atomic mass is 35.5. The number of hydrogen-bond acceptors (Lipinski definition) is 2. The Bertz CT molecular complexity index is 647. The first-order valence-electron chi connectivity index (χ1n) is 5.29. The molecule has 3 N–H and O–H groups in total. The fraction of sp³-hybridized carbons (Fsp3) is 0. The summed E-state index contributed by atoms with van der Waals surface area (Å²) in [6.07, 6.45) is 0. The van der Waals surface area contributed by atoms with Gasteiger partial charge in [0.25, 0.3) is 5.91 Å². The van der Waals surface area contributed by atoms with Crippen LogP contribution in [0.5, 0.6) is 0 Å². The second-order valence-corrected chi connectivity index (χ2v) is 4.63. The number of hydrogen-bond donors (Lipinski definition) is 2. The summed E-state index contributed by atoms with van der Waals surface area (Å²) >= 11 is 11.5. The van der Waals surface area contributed by atoms with E-state index < -0.39 is 11.7 Å². The van der Waals surface area contributed by atoms with Crippen LogP contribution >= 0.6 is 23.2 Å². The second-order valence-electron chi connectivity index (χ2n) is 3.82. The normalized spacial score (nSPS) is 10.3. The van der Waals surface area contributed by atoms with Gasteiger partial charge in [0.1, 0.15) is 5.82 Å². The lowest BCUT2D eigenvalue weighted by Crippen LogP contribution is -2.12. The molecule has 0 atom stereocenters. The van der Waals surface area contributed by atoms with Gasteiger partial charge in [0.05, 0.1) is 15.7 Å². The first kappa shape index (κ1) is 13.6. The summed E-state index contributed by atoms with van der Waals surface area (Å²) in [6.45, 7) is 0. The smallest absolute Gasteiger partial charge is 0.255 e. The van der Waals surface area contributed by atoms with Crippen LogP contribution in [0.2, 0.25) is 10.0 Å². The molecule has 0 spiro atoms. The maximum atomic E-state index is 13.0. The molecular formula is C13H9Cl2FN2O. The van der Waals surface area contributed by atoms with Gasteiger partial charge >= 0.3 is 0 Å². The molecule has 0 aliphatic heterocycles. The van der Waals surface area contributed by atoms with Gasteiger partial charge in [-0.05, 0) is 36.4 Å². The largest absolute Gasteiger partial charge is 0.398 e. The van der Waals surface area contributed by atoms with Crippen molar-refractivity contribution in [3.05, 3.63) is 57.8 Å². The predicted molar refractivity (Wildman–Crippen MR) is 75.2 cm³/mol. The van der Waals surface area contributed by atoms with E-state index in [9.17, 15) is 9.18 Å². The number of halogens is 3. The van der Waals surface area contributed by atoms with Crippen LogP contribution in [0.3, 0.4) is 0 Å². The average molecular weight is 299 g/mol. The van der Waals surface area contributed by atoms with Gasteiger partial charge in [-0.1, -0.05) is 23.2 Å². The Kier molecular flexibility index (Phi) is 3.93. The summed E-state index contributed by atoms with van der Waals surface area (Å²) in [5.74, 6) is -0.989. The number of carbonyl (C=O) groups is 1. The van der Waals surface area contributed by atoms with Crippen LogP contribution in [0.25, 0.3) is 0 Å². The van der Waals surface area contributed by atoms with Gasteiger partial charge < -0.3 is 11.1 Å². The Balaban J connectivity index is 2.20. The third-order valence-corrected chi connectivity index (χ3v) is 3.06. The number of carbonyl (C=O) groups excluding carboxylic acids is 1. The second kappa shape index (κ2) is 5.47. The number of nitrogens with two attached hydrogens (primary N) is 1. The molecular weight excluding hydrogens is 290 g/mol. The van der Waals surface area contributed by atoms with Gasteiger partial charge in [-0.25, -0.2) is 4.39 Å². The van der Waals surface area contributed by atoms with Gasteiger partial charge in [0.15, 0.2) is 0 Å². The molecule has 3 nitrogen and oxygen atoms in total. The molecule has 98 valence electrons. The molecule has 0 saturated heterocycles. The Morgan fingerprint density at radius 1 is 1.11 bits per heavy atom. The highest BCUT2D eigenvalue weighted by molar-refractivity contribution is 6.33. The van der Waals surface area contributed by atoms with E-state index in [0.717, 1.165) is 6.07 Å². The standard InChI is InChI=1S/C13H9Cl2FN2O/c14-9-5-7(1-3-11(9)16)13(19)18-8-2-4-12(17)10(15)6-8/h1-6H,17H2,(H,18,19). The van der Waals surface area contributed by atoms with Gasteiger partial charge in [0, 0.05) is 11.3 Å². The topological polar surface area (TPSA) is 55.1 Å². The monoisotopic (exact) mass is 298 g/mol. The maximum absolute atomic E-state index is 13.0. The Labute approximate surface area is 119 Å². The summed E-state index contributed by atoms with van der Waals surface area (Å²) in [5.41, 5.74) is 6.72. The lowest BCUT2D eigenvalue weighted by atomic mass is 10.2. The third kappa shape index (κ3) is 3.16. The Morgan fingerprint density at radius 2 is 1.84 bits per heavy atom. The van der Waals surface area contributed by atoms with E-state index in [1.807, 2.05) is 0 Å². The maximum Gasteiger partial charge on any atom is 0.255 e. The first-order chi connectivity index (χ1) is 8.97. The molecule has 2 aromatic carbocycles. The zero-order valence-electron chi connectivity index (χ0n) is 9.58. The Morgan fingerprint density at radius 3 is 2.47 bits per heavy atom. The molecule has 2 rings (SSSR count). The van der Waals surface area contributed by atoms with Crippen molar-refractivity contribution in [1.82, 2.24) is 0 Å². The molecule has 6 heteroatoms. The number of nitrogens with one attached hydrogen (secondary N) is 1. The van der Waals surface area contributed by atoms with Crippen LogP contribution in [-0.2, 0) is 0 Å². The molecule has 19 heavy (non-hydrogen) atoms. The quantitative estimate of drug-likeness (QED) is 0.824. The van der Waals surface area contributed by atoms with Crippen LogP contribution in [0.1, 0.15) is 10.4 Å². The molecule has 0 bridgehead atoms. The van der Waals surface area contributed by atoms with Gasteiger partial charge in [-0.2, -0.15) is 0 Å². The highest BCUT2D eigenvalue weighted by Gasteiger charge is 2.09. The van der Waals surface area contributed by atoms with Gasteiger partial charge in [0.2, 0.25) is 0 Å². The van der Waals surface area contributed by atoms with E-state index in [-0.39, 0.29) is 10.6 Å². The highest BCUT2D eigenvalue weighted by Crippen LogP contribution is 2.23. The predicted octanol–water partition coefficient (Wildman–Crippen LogP) is 3.97. The lowest BCUT2D eigenvalue weighted by molar-refractivity contribution is 0.102. The van der Waals surface area contributed by atoms with Crippen LogP contribution in [0, 0.1) is 5.82 Å². The van der Waals surface area contributed by atoms with Crippen molar-refractivity contribution >= 4 is 40.5 Å². The molecule has 0 aliphatic carbocycles. The van der Waals surface area contributed by atoms with Crippen molar-refractivity contribution < 1.29 is 9.18 Å². The van der Waals surface area contributed by atoms with Gasteiger partial charge in [-0.15, -0.1) is 0 Å². The molecule has 0 heterocycles. The van der Waals surface area contributed by atoms with Crippen LogP contribution in [-0.4, -0.2) is 5.91 Å². The molecule has 1 amide bonds. The van der Waals surface area contributed by atoms with Crippen LogP contribution < -0.4 is 11.1 Å². The fourth-order valence-corrected chi connectivity index (χ4v) is 1.81. The van der Waals surface area contributed by atoms with E-state index in [0.29, 0.717) is 16.4 Å². The number of benzene rings is 2. The molecule has 0 saturated carbocycles. The minimum Gasteiger partial charge on any atom is -0.398 e. The Hall–Kier alpha value is -1.78. The summed E-state index contributed by atoms with van der Waals surface area (Å²) in [6, 6.07) is 8.45. The minimum absolute atomic E-state index is 0.108. The zero-order valence-corrected chi connectivity index (χ0v) is 11.1. The van der Waals surface area contributed by atoms with E-state index in [1.165, 1.54) is 18.2 Å². The molecule has 0 fully saturated rings. The summed E-state index contributed by atoms with van der Waals surface area (Å²) in [7, 11) is 0. The third-order valence-electron chi connectivity index (χ3n) is 2.44. The van der Waals surface area contributed by atoms with E-state index in [4.69, 9.17) is 28.9 Å². The molecule has 0 radical (unpaired) electrons. The lowest BCUT2D eigenvalue weighted by Gasteiger charge is -2.07. The number of rotatable bonds is 2. The van der Waals surface area contributed by atoms with Gasteiger partial charge in [-0.3, -0.25) is 4.79 Å². The van der Waals surface area contributed by atoms with Crippen molar-refractivity contribution in [2.45, 2.75) is 0 Å². The van der Waals surface area contributed by atoms with E-state index in [2.05, 4.69) is 5.32 Å². The fourth-order valence-electron chi connectivity index (χ4n) is 1.45. The van der Waals surface area contributed by atoms with Crippen molar-refractivity contribution in [2.24, 2.45) is 0 Å². The van der Waals surface area contributed by atoms with Crippen molar-refractivity contribution in [1.29, 1.82) is 0 Å². The first-order valence-corrected chi connectivity index (χ1v) is 6.04. The van der Waals surface area contributed by atoms with Crippen molar-refractivity contribution in [3.63, 3.8) is 0 Å². The molecule has 0 aliphatic rings. The SMILES string of the molecule is Nc1ccc(NC(=O)c2ccc(F)c(Cl)c2)cc1Cl. The average Bonchev–Trinajstić information content (AvgIpc) is 2.37. The molecule has 0 unspecified atom stereocenters. The zero-order chi connectivity index (χ0) is 14.0. The molecule has 0 aromatic heterocycles. The summed E-state index contributed by atoms with van der Waals surface area (Å²) in [4.78, 5) is 11.9. The van der Waals surface area contributed by atoms with E-state index in [1.54, 1.807) is 12.1 Å². The van der Waals surface area contributed by atoms with Crippen LogP contribution in [0.15, 0.2) is 36.4 Å². The molecule has 2 aromatic rings.